The van der Waals surface area contributed by atoms with Gasteiger partial charge >= 0.3 is 6.09 Å². The highest BCUT2D eigenvalue weighted by atomic mass is 32.2. The molecule has 4 amide bonds. The second-order valence-electron chi connectivity index (χ2n) is 14.6. The Morgan fingerprint density at radius 1 is 1.15 bits per heavy atom. The van der Waals surface area contributed by atoms with Crippen LogP contribution in [0, 0.1) is 11.3 Å². The zero-order valence-corrected chi connectivity index (χ0v) is 28.3. The first-order valence-corrected chi connectivity index (χ1v) is 17.2. The number of hydrogen-bond acceptors (Lipinski definition) is 10. The maximum Gasteiger partial charge on any atom is 0.408 e. The maximum atomic E-state index is 14.3. The highest BCUT2D eigenvalue weighted by molar-refractivity contribution is 7.91. The van der Waals surface area contributed by atoms with E-state index in [4.69, 9.17) is 13.9 Å². The Kier molecular flexibility index (Phi) is 8.84. The van der Waals surface area contributed by atoms with E-state index in [0.717, 1.165) is 0 Å². The van der Waals surface area contributed by atoms with E-state index in [2.05, 4.69) is 26.9 Å². The van der Waals surface area contributed by atoms with Crippen LogP contribution >= 0.6 is 0 Å². The van der Waals surface area contributed by atoms with Crippen molar-refractivity contribution in [3.05, 3.63) is 37.2 Å². The lowest BCUT2D eigenvalue weighted by atomic mass is 9.85. The lowest BCUT2D eigenvalue weighted by Gasteiger charge is -2.36. The SMILES string of the molecule is C=CC1C[C@]1(NC(=O)[C@@H]1C[C@@H](Oc2nccc3occc23)CN1C(=O)[C@@H](NC(=O)OC(C)(C)C)C(C)(C)C)C(=O)NS(=O)(=O)C1CC1. The Bertz CT molecular complexity index is 1690. The van der Waals surface area contributed by atoms with Crippen LogP contribution in [0.4, 0.5) is 4.79 Å². The number of rotatable bonds is 10. The number of sulfonamides is 1. The number of carbonyl (C=O) groups excluding carboxylic acids is 4. The van der Waals surface area contributed by atoms with Crippen LogP contribution in [0.1, 0.15) is 67.2 Å². The molecule has 3 aliphatic rings. The van der Waals surface area contributed by atoms with Crippen molar-refractivity contribution in [1.82, 2.24) is 25.2 Å². The minimum Gasteiger partial charge on any atom is -0.472 e. The smallest absolute Gasteiger partial charge is 0.408 e. The van der Waals surface area contributed by atoms with Gasteiger partial charge in [-0.1, -0.05) is 26.8 Å². The van der Waals surface area contributed by atoms with Gasteiger partial charge in [0.2, 0.25) is 27.7 Å². The molecule has 5 rings (SSSR count). The Balaban J connectivity index is 1.42. The van der Waals surface area contributed by atoms with Crippen LogP contribution in [0.25, 0.3) is 11.0 Å². The minimum atomic E-state index is -3.89. The number of fused-ring (bicyclic) bond motifs is 1. The number of pyridine rings is 1. The fraction of sp³-hybridized carbons (Fsp3) is 0.594. The van der Waals surface area contributed by atoms with Crippen LogP contribution < -0.4 is 20.1 Å². The van der Waals surface area contributed by atoms with Crippen LogP contribution in [0.3, 0.4) is 0 Å². The number of carbonyl (C=O) groups is 4. The molecule has 15 heteroatoms. The molecule has 0 bridgehead atoms. The largest absolute Gasteiger partial charge is 0.472 e. The molecule has 3 heterocycles. The van der Waals surface area contributed by atoms with E-state index in [1.807, 2.05) is 0 Å². The molecular weight excluding hydrogens is 630 g/mol. The van der Waals surface area contributed by atoms with Crippen molar-refractivity contribution in [3.63, 3.8) is 0 Å². The lowest BCUT2D eigenvalue weighted by Crippen LogP contribution is -2.60. The molecule has 2 aliphatic carbocycles. The third kappa shape index (κ3) is 7.39. The summed E-state index contributed by atoms with van der Waals surface area (Å²) >= 11 is 0. The maximum absolute atomic E-state index is 14.3. The van der Waals surface area contributed by atoms with E-state index < -0.39 is 79.7 Å². The van der Waals surface area contributed by atoms with Gasteiger partial charge in [-0.15, -0.1) is 6.58 Å². The first kappa shape index (κ1) is 34.2. The summed E-state index contributed by atoms with van der Waals surface area (Å²) < 4.78 is 44.4. The highest BCUT2D eigenvalue weighted by Gasteiger charge is 2.62. The number of nitrogens with zero attached hydrogens (tertiary/aromatic N) is 2. The standard InChI is InChI=1S/C32H43N5O9S/c1-8-18-16-32(18,28(40)36-47(42,43)20-9-10-20)35-25(38)22-15-19(45-26-21-12-14-44-23(21)11-13-33-26)17-37(22)27(39)24(30(2,3)4)34-29(41)46-31(5,6)7/h8,11-14,18-20,22,24H,1,9-10,15-17H2,2-7H3,(H,34,41)(H,35,38)(H,36,40)/t18?,19-,22+,24-,32-/m1/s1. The van der Waals surface area contributed by atoms with Crippen molar-refractivity contribution in [3.8, 4) is 5.88 Å². The average Bonchev–Trinajstić information content (AvgIpc) is 3.84. The molecule has 0 radical (unpaired) electrons. The average molecular weight is 674 g/mol. The van der Waals surface area contributed by atoms with Crippen LogP contribution in [-0.4, -0.2) is 83.2 Å². The summed E-state index contributed by atoms with van der Waals surface area (Å²) in [4.78, 5) is 60.2. The normalized spacial score (nSPS) is 25.1. The van der Waals surface area contributed by atoms with Crippen molar-refractivity contribution in [2.24, 2.45) is 11.3 Å². The second-order valence-corrected chi connectivity index (χ2v) is 16.5. The van der Waals surface area contributed by atoms with E-state index in [0.29, 0.717) is 23.8 Å². The number of amides is 4. The molecule has 1 saturated heterocycles. The quantitative estimate of drug-likeness (QED) is 0.317. The van der Waals surface area contributed by atoms with E-state index in [-0.39, 0.29) is 25.3 Å². The van der Waals surface area contributed by atoms with Crippen molar-refractivity contribution in [2.75, 3.05) is 6.54 Å². The number of furan rings is 1. The fourth-order valence-electron chi connectivity index (χ4n) is 5.75. The number of ether oxygens (including phenoxy) is 2. The number of likely N-dealkylation sites (tertiary alicyclic amines) is 1. The van der Waals surface area contributed by atoms with E-state index in [1.165, 1.54) is 23.4 Å². The van der Waals surface area contributed by atoms with Crippen molar-refractivity contribution >= 4 is 44.8 Å². The molecular formula is C32H43N5O9S. The van der Waals surface area contributed by atoms with Gasteiger partial charge in [0.15, 0.2) is 0 Å². The van der Waals surface area contributed by atoms with Gasteiger partial charge < -0.3 is 29.4 Å². The zero-order valence-electron chi connectivity index (χ0n) is 27.5. The van der Waals surface area contributed by atoms with Gasteiger partial charge in [-0.25, -0.2) is 18.2 Å². The molecule has 2 saturated carbocycles. The first-order valence-electron chi connectivity index (χ1n) is 15.6. The van der Waals surface area contributed by atoms with Gasteiger partial charge in [0.25, 0.3) is 5.91 Å². The molecule has 3 fully saturated rings. The Labute approximate surface area is 274 Å². The van der Waals surface area contributed by atoms with Crippen LogP contribution in [0.15, 0.2) is 41.7 Å². The second kappa shape index (κ2) is 12.1. The van der Waals surface area contributed by atoms with Gasteiger partial charge in [-0.3, -0.25) is 19.1 Å². The summed E-state index contributed by atoms with van der Waals surface area (Å²) in [6.45, 7) is 14.1. The Morgan fingerprint density at radius 2 is 1.85 bits per heavy atom. The van der Waals surface area contributed by atoms with Crippen molar-refractivity contribution < 1.29 is 41.5 Å². The van der Waals surface area contributed by atoms with Gasteiger partial charge in [-0.05, 0) is 57.6 Å². The minimum absolute atomic E-state index is 0.0214. The highest BCUT2D eigenvalue weighted by Crippen LogP contribution is 2.45. The third-order valence-electron chi connectivity index (χ3n) is 8.49. The van der Waals surface area contributed by atoms with E-state index >= 15 is 0 Å². The summed E-state index contributed by atoms with van der Waals surface area (Å²) in [6, 6.07) is 1.13. The van der Waals surface area contributed by atoms with Gasteiger partial charge in [-0.2, -0.15) is 0 Å². The van der Waals surface area contributed by atoms with Gasteiger partial charge in [0.1, 0.15) is 34.9 Å². The van der Waals surface area contributed by atoms with E-state index in [9.17, 15) is 27.6 Å². The molecule has 1 unspecified atom stereocenters. The molecule has 0 spiro atoms. The monoisotopic (exact) mass is 673 g/mol. The molecule has 256 valence electrons. The number of alkyl carbamates (subject to hydrolysis) is 1. The molecule has 2 aromatic heterocycles. The Hall–Kier alpha value is -4.14. The topological polar surface area (TPSA) is 186 Å². The number of hydrogen-bond donors (Lipinski definition) is 3. The predicted octanol–water partition coefficient (Wildman–Crippen LogP) is 2.78. The van der Waals surface area contributed by atoms with Crippen LogP contribution in [0.2, 0.25) is 0 Å². The molecule has 1 aliphatic heterocycles. The molecule has 5 atom stereocenters. The molecule has 14 nitrogen and oxygen atoms in total. The lowest BCUT2D eigenvalue weighted by molar-refractivity contribution is -0.143. The van der Waals surface area contributed by atoms with Crippen LogP contribution in [0.5, 0.6) is 5.88 Å². The summed E-state index contributed by atoms with van der Waals surface area (Å²) in [7, 11) is -3.89. The third-order valence-corrected chi connectivity index (χ3v) is 10.3. The van der Waals surface area contributed by atoms with Crippen molar-refractivity contribution in [2.45, 2.75) is 102 Å². The predicted molar refractivity (Wildman–Crippen MR) is 170 cm³/mol. The zero-order chi connectivity index (χ0) is 34.5. The molecule has 2 aromatic rings. The first-order chi connectivity index (χ1) is 21.8. The summed E-state index contributed by atoms with van der Waals surface area (Å²) in [5.41, 5.74) is -2.63. The summed E-state index contributed by atoms with van der Waals surface area (Å²) in [5.74, 6) is -2.34. The number of nitrogens with one attached hydrogen (secondary N) is 3. The Morgan fingerprint density at radius 3 is 2.45 bits per heavy atom. The summed E-state index contributed by atoms with van der Waals surface area (Å²) in [6.07, 6.45) is 4.08. The molecule has 3 N–H and O–H groups in total. The molecule has 0 aromatic carbocycles. The van der Waals surface area contributed by atoms with Crippen molar-refractivity contribution in [1.29, 1.82) is 0 Å². The van der Waals surface area contributed by atoms with E-state index in [1.54, 1.807) is 53.7 Å². The van der Waals surface area contributed by atoms with Crippen LogP contribution in [-0.2, 0) is 29.1 Å². The summed E-state index contributed by atoms with van der Waals surface area (Å²) in [5, 5.41) is 5.41. The molecule has 47 heavy (non-hydrogen) atoms. The van der Waals surface area contributed by atoms with Gasteiger partial charge in [0.05, 0.1) is 23.4 Å². The number of aromatic nitrogens is 1. The fourth-order valence-corrected chi connectivity index (χ4v) is 7.12. The van der Waals surface area contributed by atoms with Gasteiger partial charge in [0, 0.05) is 18.5 Å².